The molecule has 4 rings (SSSR count). The van der Waals surface area contributed by atoms with Gasteiger partial charge in [0.15, 0.2) is 11.4 Å². The van der Waals surface area contributed by atoms with Crippen LogP contribution in [0.1, 0.15) is 21.8 Å². The third kappa shape index (κ3) is 3.51. The molecule has 0 N–H and O–H groups in total. The Morgan fingerprint density at radius 3 is 2.33 bits per heavy atom. The van der Waals surface area contributed by atoms with Crippen LogP contribution in [0, 0.1) is 0 Å². The van der Waals surface area contributed by atoms with E-state index in [1.807, 2.05) is 54.6 Å². The second-order valence-corrected chi connectivity index (χ2v) is 6.01. The number of rotatable bonds is 5. The molecule has 0 aliphatic rings. The number of nitrogens with zero attached hydrogens (tertiary/aromatic N) is 1. The Morgan fingerprint density at radius 2 is 1.63 bits per heavy atom. The molecule has 0 aliphatic carbocycles. The third-order valence-electron chi connectivity index (χ3n) is 4.23. The van der Waals surface area contributed by atoms with Gasteiger partial charge in [0.2, 0.25) is 5.89 Å². The number of benzene rings is 3. The number of hydrogen-bond acceptors (Lipinski definition) is 4. The number of carbonyl (C=O) groups excluding carboxylic acids is 1. The second-order valence-electron chi connectivity index (χ2n) is 6.01. The fourth-order valence-corrected chi connectivity index (χ4v) is 2.83. The molecular weight excluding hydrogens is 338 g/mol. The summed E-state index contributed by atoms with van der Waals surface area (Å²) >= 11 is 0. The largest absolute Gasteiger partial charge is 0.497 e. The number of Topliss-reactive ketones (excluding diaryl/α,β-unsaturated/α-hetero) is 1. The van der Waals surface area contributed by atoms with Crippen LogP contribution < -0.4 is 4.74 Å². The number of hydrogen-bond donors (Lipinski definition) is 0. The van der Waals surface area contributed by atoms with E-state index in [0.29, 0.717) is 33.9 Å². The molecule has 3 aromatic carbocycles. The van der Waals surface area contributed by atoms with E-state index in [9.17, 15) is 4.79 Å². The number of para-hydroxylation sites is 2. The van der Waals surface area contributed by atoms with Gasteiger partial charge in [-0.3, -0.25) is 4.79 Å². The number of fused-ring (bicyclic) bond motifs is 1. The molecule has 1 heterocycles. The summed E-state index contributed by atoms with van der Waals surface area (Å²) in [5, 5.41) is 0. The lowest BCUT2D eigenvalue weighted by atomic mass is 10.0. The van der Waals surface area contributed by atoms with Gasteiger partial charge in [0.05, 0.1) is 12.7 Å². The molecule has 0 atom stereocenters. The van der Waals surface area contributed by atoms with E-state index < -0.39 is 0 Å². The van der Waals surface area contributed by atoms with Crippen LogP contribution in [0.2, 0.25) is 0 Å². The van der Waals surface area contributed by atoms with Crippen molar-refractivity contribution in [2.45, 2.75) is 0 Å². The number of aromatic nitrogens is 1. The van der Waals surface area contributed by atoms with Crippen LogP contribution in [0.25, 0.3) is 22.7 Å². The predicted molar refractivity (Wildman–Crippen MR) is 106 cm³/mol. The fourth-order valence-electron chi connectivity index (χ4n) is 2.83. The van der Waals surface area contributed by atoms with Crippen LogP contribution in [0.3, 0.4) is 0 Å². The third-order valence-corrected chi connectivity index (χ3v) is 4.23. The van der Waals surface area contributed by atoms with Crippen molar-refractivity contribution in [3.8, 4) is 5.75 Å². The summed E-state index contributed by atoms with van der Waals surface area (Å²) in [5.41, 5.74) is 3.21. The van der Waals surface area contributed by atoms with Crippen LogP contribution in [0.4, 0.5) is 0 Å². The van der Waals surface area contributed by atoms with Crippen LogP contribution in [0.15, 0.2) is 83.3 Å². The number of methoxy groups -OCH3 is 1. The monoisotopic (exact) mass is 355 g/mol. The highest BCUT2D eigenvalue weighted by Gasteiger charge is 2.20. The van der Waals surface area contributed by atoms with Crippen LogP contribution in [0.5, 0.6) is 5.75 Å². The van der Waals surface area contributed by atoms with E-state index in [0.717, 1.165) is 5.56 Å². The lowest BCUT2D eigenvalue weighted by Crippen LogP contribution is -2.03. The molecule has 132 valence electrons. The first-order valence-electron chi connectivity index (χ1n) is 8.56. The van der Waals surface area contributed by atoms with Crippen molar-refractivity contribution in [2.75, 3.05) is 7.11 Å². The minimum absolute atomic E-state index is 0.159. The lowest BCUT2D eigenvalue weighted by Gasteiger charge is -2.05. The molecule has 0 amide bonds. The Balaban J connectivity index is 1.82. The second kappa shape index (κ2) is 7.30. The van der Waals surface area contributed by atoms with Gasteiger partial charge in [-0.15, -0.1) is 0 Å². The van der Waals surface area contributed by atoms with Crippen molar-refractivity contribution in [3.05, 3.63) is 95.9 Å². The van der Waals surface area contributed by atoms with Crippen LogP contribution >= 0.6 is 0 Å². The van der Waals surface area contributed by atoms with Gasteiger partial charge in [0.25, 0.3) is 0 Å². The lowest BCUT2D eigenvalue weighted by molar-refractivity contribution is 0.105. The highest BCUT2D eigenvalue weighted by atomic mass is 16.5. The fraction of sp³-hybridized carbons (Fsp3) is 0.0435. The normalized spacial score (nSPS) is 11.5. The first-order valence-corrected chi connectivity index (χ1v) is 8.56. The summed E-state index contributed by atoms with van der Waals surface area (Å²) in [6.45, 7) is 0. The zero-order valence-electron chi connectivity index (χ0n) is 14.8. The van der Waals surface area contributed by atoms with E-state index in [-0.39, 0.29) is 5.78 Å². The molecule has 4 nitrogen and oxygen atoms in total. The van der Waals surface area contributed by atoms with Gasteiger partial charge < -0.3 is 9.15 Å². The number of oxazole rings is 1. The number of ether oxygens (including phenoxy) is 1. The first kappa shape index (κ1) is 16.8. The number of carbonyl (C=O) groups is 1. The molecule has 0 bridgehead atoms. The Labute approximate surface area is 156 Å². The van der Waals surface area contributed by atoms with Gasteiger partial charge in [-0.2, -0.15) is 0 Å². The Kier molecular flexibility index (Phi) is 4.54. The summed E-state index contributed by atoms with van der Waals surface area (Å²) < 4.78 is 11.0. The SMILES string of the molecule is COc1ccc(C(=O)/C(=C\c2ccccc2)c2nc3ccccc3o2)cc1. The van der Waals surface area contributed by atoms with Gasteiger partial charge in [-0.05, 0) is 48.0 Å². The zero-order valence-corrected chi connectivity index (χ0v) is 14.8. The quantitative estimate of drug-likeness (QED) is 0.362. The molecule has 4 aromatic rings. The van der Waals surface area contributed by atoms with Crippen molar-refractivity contribution < 1.29 is 13.9 Å². The molecule has 0 aliphatic heterocycles. The van der Waals surface area contributed by atoms with Gasteiger partial charge in [0, 0.05) is 5.56 Å². The molecule has 0 unspecified atom stereocenters. The van der Waals surface area contributed by atoms with Crippen molar-refractivity contribution in [3.63, 3.8) is 0 Å². The molecule has 0 saturated heterocycles. The average molecular weight is 355 g/mol. The van der Waals surface area contributed by atoms with Crippen molar-refractivity contribution in [2.24, 2.45) is 0 Å². The van der Waals surface area contributed by atoms with E-state index in [1.54, 1.807) is 37.5 Å². The van der Waals surface area contributed by atoms with Crippen LogP contribution in [-0.4, -0.2) is 17.9 Å². The minimum atomic E-state index is -0.159. The molecule has 0 spiro atoms. The van der Waals surface area contributed by atoms with Crippen LogP contribution in [-0.2, 0) is 0 Å². The van der Waals surface area contributed by atoms with E-state index in [4.69, 9.17) is 9.15 Å². The van der Waals surface area contributed by atoms with E-state index in [1.165, 1.54) is 0 Å². The van der Waals surface area contributed by atoms with Gasteiger partial charge in [-0.25, -0.2) is 4.98 Å². The zero-order chi connectivity index (χ0) is 18.6. The summed E-state index contributed by atoms with van der Waals surface area (Å²) in [5.74, 6) is 0.843. The van der Waals surface area contributed by atoms with E-state index >= 15 is 0 Å². The standard InChI is InChI=1S/C23H17NO3/c1-26-18-13-11-17(12-14-18)22(25)19(15-16-7-3-2-4-8-16)23-24-20-9-5-6-10-21(20)27-23/h2-15H,1H3/b19-15+. The summed E-state index contributed by atoms with van der Waals surface area (Å²) in [6, 6.07) is 24.1. The van der Waals surface area contributed by atoms with E-state index in [2.05, 4.69) is 4.98 Å². The van der Waals surface area contributed by atoms with Crippen molar-refractivity contribution in [1.82, 2.24) is 4.98 Å². The molecule has 4 heteroatoms. The number of allylic oxidation sites excluding steroid dienone is 1. The predicted octanol–water partition coefficient (Wildman–Crippen LogP) is 5.26. The van der Waals surface area contributed by atoms with Crippen molar-refractivity contribution in [1.29, 1.82) is 0 Å². The summed E-state index contributed by atoms with van der Waals surface area (Å²) in [7, 11) is 1.59. The molecule has 0 radical (unpaired) electrons. The maximum atomic E-state index is 13.2. The topological polar surface area (TPSA) is 52.3 Å². The highest BCUT2D eigenvalue weighted by Crippen LogP contribution is 2.26. The minimum Gasteiger partial charge on any atom is -0.497 e. The summed E-state index contributed by atoms with van der Waals surface area (Å²) in [6.07, 6.45) is 1.80. The Morgan fingerprint density at radius 1 is 0.926 bits per heavy atom. The smallest absolute Gasteiger partial charge is 0.231 e. The highest BCUT2D eigenvalue weighted by molar-refractivity contribution is 6.31. The Hall–Kier alpha value is -3.66. The average Bonchev–Trinajstić information content (AvgIpc) is 3.16. The first-order chi connectivity index (χ1) is 13.2. The van der Waals surface area contributed by atoms with Crippen molar-refractivity contribution >= 4 is 28.5 Å². The maximum absolute atomic E-state index is 13.2. The molecule has 0 fully saturated rings. The Bertz CT molecular complexity index is 1080. The van der Waals surface area contributed by atoms with Gasteiger partial charge >= 0.3 is 0 Å². The number of ketones is 1. The van der Waals surface area contributed by atoms with Gasteiger partial charge in [0.1, 0.15) is 11.3 Å². The molecule has 0 saturated carbocycles. The maximum Gasteiger partial charge on any atom is 0.231 e. The molecule has 1 aromatic heterocycles. The summed E-state index contributed by atoms with van der Waals surface area (Å²) in [4.78, 5) is 17.7. The molecular formula is C23H17NO3. The van der Waals surface area contributed by atoms with Gasteiger partial charge in [-0.1, -0.05) is 42.5 Å². The molecule has 27 heavy (non-hydrogen) atoms.